The molecular formula is C25H38N4O3. The maximum atomic E-state index is 6.18. The molecule has 1 aliphatic rings. The Hall–Kier alpha value is -2.51. The van der Waals surface area contributed by atoms with Crippen molar-refractivity contribution in [2.75, 3.05) is 46.5 Å². The zero-order valence-corrected chi connectivity index (χ0v) is 19.9. The Morgan fingerprint density at radius 3 is 2.75 bits per heavy atom. The van der Waals surface area contributed by atoms with Crippen LogP contribution >= 0.6 is 0 Å². The number of furan rings is 1. The van der Waals surface area contributed by atoms with E-state index in [0.29, 0.717) is 25.6 Å². The van der Waals surface area contributed by atoms with Gasteiger partial charge in [-0.05, 0) is 50.2 Å². The number of hydrogen-bond acceptors (Lipinski definition) is 5. The van der Waals surface area contributed by atoms with Crippen molar-refractivity contribution < 1.29 is 13.9 Å². The molecule has 7 heteroatoms. The average Bonchev–Trinajstić information content (AvgIpc) is 3.52. The number of aryl methyl sites for hydroxylation is 1. The van der Waals surface area contributed by atoms with Crippen molar-refractivity contribution in [3.05, 3.63) is 53.5 Å². The highest BCUT2D eigenvalue weighted by Crippen LogP contribution is 2.23. The number of aliphatic imine (C=N–C) groups is 1. The second kappa shape index (κ2) is 12.5. The van der Waals surface area contributed by atoms with E-state index in [1.165, 1.54) is 5.56 Å². The lowest BCUT2D eigenvalue weighted by Gasteiger charge is -2.28. The van der Waals surface area contributed by atoms with Gasteiger partial charge >= 0.3 is 0 Å². The highest BCUT2D eigenvalue weighted by molar-refractivity contribution is 5.79. The first-order chi connectivity index (χ1) is 15.6. The molecule has 2 unspecified atom stereocenters. The molecule has 0 spiro atoms. The molecule has 2 N–H and O–H groups in total. The van der Waals surface area contributed by atoms with Crippen LogP contribution in [0.5, 0.6) is 5.75 Å². The number of rotatable bonds is 11. The zero-order chi connectivity index (χ0) is 22.8. The van der Waals surface area contributed by atoms with Crippen LogP contribution in [0.2, 0.25) is 0 Å². The molecule has 0 amide bonds. The third-order valence-corrected chi connectivity index (χ3v) is 5.98. The molecule has 0 aliphatic carbocycles. The summed E-state index contributed by atoms with van der Waals surface area (Å²) >= 11 is 0. The van der Waals surface area contributed by atoms with Crippen molar-refractivity contribution in [3.8, 4) is 5.75 Å². The summed E-state index contributed by atoms with van der Waals surface area (Å²) in [6.45, 7) is 12.0. The molecule has 1 saturated heterocycles. The highest BCUT2D eigenvalue weighted by Gasteiger charge is 2.21. The van der Waals surface area contributed by atoms with Crippen molar-refractivity contribution >= 4 is 5.96 Å². The lowest BCUT2D eigenvalue weighted by atomic mass is 10.1. The molecule has 2 heterocycles. The summed E-state index contributed by atoms with van der Waals surface area (Å²) in [4.78, 5) is 6.78. The Labute approximate surface area is 192 Å². The Morgan fingerprint density at radius 1 is 1.25 bits per heavy atom. The fourth-order valence-electron chi connectivity index (χ4n) is 4.01. The molecule has 1 fully saturated rings. The first kappa shape index (κ1) is 24.1. The van der Waals surface area contributed by atoms with Crippen molar-refractivity contribution in [2.24, 2.45) is 10.9 Å². The van der Waals surface area contributed by atoms with Gasteiger partial charge in [-0.15, -0.1) is 0 Å². The van der Waals surface area contributed by atoms with Crippen LogP contribution in [0.4, 0.5) is 0 Å². The number of nitrogens with zero attached hydrogens (tertiary/aromatic N) is 2. The Balaban J connectivity index is 1.58. The zero-order valence-electron chi connectivity index (χ0n) is 19.9. The van der Waals surface area contributed by atoms with E-state index in [1.54, 1.807) is 13.3 Å². The predicted octanol–water partition coefficient (Wildman–Crippen LogP) is 3.75. The molecule has 2 atom stereocenters. The van der Waals surface area contributed by atoms with Crippen LogP contribution in [0.3, 0.4) is 0 Å². The van der Waals surface area contributed by atoms with Gasteiger partial charge in [0.2, 0.25) is 0 Å². The number of guanidine groups is 1. The van der Waals surface area contributed by atoms with Crippen LogP contribution in [0.1, 0.15) is 43.2 Å². The molecule has 3 rings (SSSR count). The average molecular weight is 443 g/mol. The summed E-state index contributed by atoms with van der Waals surface area (Å²) in [5, 5.41) is 6.90. The summed E-state index contributed by atoms with van der Waals surface area (Å²) < 4.78 is 17.4. The van der Waals surface area contributed by atoms with Crippen LogP contribution in [-0.4, -0.2) is 57.4 Å². The van der Waals surface area contributed by atoms with Gasteiger partial charge in [0.15, 0.2) is 5.96 Å². The van der Waals surface area contributed by atoms with Crippen molar-refractivity contribution in [2.45, 2.75) is 39.8 Å². The first-order valence-electron chi connectivity index (χ1n) is 11.7. The van der Waals surface area contributed by atoms with Crippen LogP contribution in [0, 0.1) is 12.8 Å². The van der Waals surface area contributed by atoms with Crippen LogP contribution in [-0.2, 0) is 11.3 Å². The lowest BCUT2D eigenvalue weighted by Crippen LogP contribution is -2.43. The van der Waals surface area contributed by atoms with Gasteiger partial charge in [0.1, 0.15) is 11.5 Å². The minimum atomic E-state index is 0.144. The first-order valence-corrected chi connectivity index (χ1v) is 11.7. The SMILES string of the molecule is CCN(CC)C(CNC(=NC)NCc1ccc(C)cc1OCC1CCOC1)c1ccco1. The summed E-state index contributed by atoms with van der Waals surface area (Å²) in [5.41, 5.74) is 2.30. The fourth-order valence-corrected chi connectivity index (χ4v) is 4.01. The van der Waals surface area contributed by atoms with Gasteiger partial charge in [0, 0.05) is 38.2 Å². The number of likely N-dealkylation sites (N-methyl/N-ethyl adjacent to an activating group) is 1. The standard InChI is InChI=1S/C25H38N4O3/c1-5-29(6-2)22(23-8-7-12-31-23)16-28-25(26-4)27-15-21-10-9-19(3)14-24(21)32-18-20-11-13-30-17-20/h7-10,12,14,20,22H,5-6,11,13,15-18H2,1-4H3,(H2,26,27,28). The molecular weight excluding hydrogens is 404 g/mol. The van der Waals surface area contributed by atoms with Crippen molar-refractivity contribution in [1.82, 2.24) is 15.5 Å². The van der Waals surface area contributed by atoms with E-state index < -0.39 is 0 Å². The summed E-state index contributed by atoms with van der Waals surface area (Å²) in [5.74, 6) is 3.12. The third-order valence-electron chi connectivity index (χ3n) is 5.98. The van der Waals surface area contributed by atoms with E-state index in [-0.39, 0.29) is 6.04 Å². The quantitative estimate of drug-likeness (QED) is 0.408. The van der Waals surface area contributed by atoms with E-state index in [9.17, 15) is 0 Å². The van der Waals surface area contributed by atoms with Crippen LogP contribution < -0.4 is 15.4 Å². The number of hydrogen-bond donors (Lipinski definition) is 2. The molecule has 0 bridgehead atoms. The highest BCUT2D eigenvalue weighted by atomic mass is 16.5. The van der Waals surface area contributed by atoms with Crippen molar-refractivity contribution in [3.63, 3.8) is 0 Å². The smallest absolute Gasteiger partial charge is 0.191 e. The van der Waals surface area contributed by atoms with Gasteiger partial charge in [0.05, 0.1) is 25.5 Å². The van der Waals surface area contributed by atoms with E-state index in [1.807, 2.05) is 12.1 Å². The number of benzene rings is 1. The monoisotopic (exact) mass is 442 g/mol. The molecule has 1 aliphatic heterocycles. The molecule has 0 radical (unpaired) electrons. The number of nitrogens with one attached hydrogen (secondary N) is 2. The van der Waals surface area contributed by atoms with Crippen molar-refractivity contribution in [1.29, 1.82) is 0 Å². The molecule has 1 aromatic heterocycles. The van der Waals surface area contributed by atoms with Gasteiger partial charge < -0.3 is 24.5 Å². The van der Waals surface area contributed by atoms with Gasteiger partial charge in [-0.3, -0.25) is 9.89 Å². The van der Waals surface area contributed by atoms with Gasteiger partial charge in [-0.25, -0.2) is 0 Å². The molecule has 0 saturated carbocycles. The largest absolute Gasteiger partial charge is 0.493 e. The Kier molecular flexibility index (Phi) is 9.43. The molecule has 32 heavy (non-hydrogen) atoms. The minimum absolute atomic E-state index is 0.144. The summed E-state index contributed by atoms with van der Waals surface area (Å²) in [6, 6.07) is 10.5. The Bertz CT molecular complexity index is 828. The van der Waals surface area contributed by atoms with Gasteiger partial charge in [0.25, 0.3) is 0 Å². The summed E-state index contributed by atoms with van der Waals surface area (Å²) in [6.07, 6.45) is 2.80. The van der Waals surface area contributed by atoms with E-state index in [4.69, 9.17) is 13.9 Å². The maximum Gasteiger partial charge on any atom is 0.191 e. The maximum absolute atomic E-state index is 6.18. The molecule has 2 aromatic rings. The van der Waals surface area contributed by atoms with Gasteiger partial charge in [-0.2, -0.15) is 0 Å². The normalized spacial score (nSPS) is 17.5. The third kappa shape index (κ3) is 6.74. The van der Waals surface area contributed by atoms with Crippen LogP contribution in [0.25, 0.3) is 0 Å². The summed E-state index contributed by atoms with van der Waals surface area (Å²) in [7, 11) is 1.79. The topological polar surface area (TPSA) is 71.3 Å². The van der Waals surface area contributed by atoms with Crippen LogP contribution in [0.15, 0.2) is 46.0 Å². The molecule has 176 valence electrons. The molecule has 1 aromatic carbocycles. The predicted molar refractivity (Wildman–Crippen MR) is 128 cm³/mol. The molecule has 7 nitrogen and oxygen atoms in total. The van der Waals surface area contributed by atoms with E-state index in [2.05, 4.69) is 59.5 Å². The minimum Gasteiger partial charge on any atom is -0.493 e. The Morgan fingerprint density at radius 2 is 2.09 bits per heavy atom. The second-order valence-corrected chi connectivity index (χ2v) is 8.21. The lowest BCUT2D eigenvalue weighted by molar-refractivity contribution is 0.166. The second-order valence-electron chi connectivity index (χ2n) is 8.21. The van der Waals surface area contributed by atoms with E-state index >= 15 is 0 Å². The van der Waals surface area contributed by atoms with Gasteiger partial charge in [-0.1, -0.05) is 26.0 Å². The van der Waals surface area contributed by atoms with E-state index in [0.717, 1.165) is 55.8 Å². The number of ether oxygens (including phenoxy) is 2. The fraction of sp³-hybridized carbons (Fsp3) is 0.560.